The minimum atomic E-state index is 0.646. The maximum absolute atomic E-state index is 4.48. The van der Waals surface area contributed by atoms with Gasteiger partial charge in [0.25, 0.3) is 5.78 Å². The molecular formula is C13H12N4S. The average molecular weight is 256 g/mol. The Hall–Kier alpha value is -1.88. The molecule has 0 aliphatic rings. The van der Waals surface area contributed by atoms with Crippen molar-refractivity contribution in [2.45, 2.75) is 12.1 Å². The van der Waals surface area contributed by atoms with Gasteiger partial charge < -0.3 is 0 Å². The molecule has 0 saturated heterocycles. The van der Waals surface area contributed by atoms with Gasteiger partial charge in [0.05, 0.1) is 5.69 Å². The molecular weight excluding hydrogens is 244 g/mol. The molecule has 0 spiro atoms. The lowest BCUT2D eigenvalue weighted by atomic mass is 10.1. The molecule has 0 aliphatic heterocycles. The first-order valence-electron chi connectivity index (χ1n) is 5.78. The van der Waals surface area contributed by atoms with E-state index < -0.39 is 0 Å². The fourth-order valence-corrected chi connectivity index (χ4v) is 2.34. The summed E-state index contributed by atoms with van der Waals surface area (Å²) in [5.74, 6) is 1.60. The molecule has 0 N–H and O–H groups in total. The van der Waals surface area contributed by atoms with Gasteiger partial charge >= 0.3 is 0 Å². The molecule has 18 heavy (non-hydrogen) atoms. The Morgan fingerprint density at radius 1 is 1.17 bits per heavy atom. The molecule has 1 aromatic carbocycles. The van der Waals surface area contributed by atoms with Gasteiger partial charge in [-0.05, 0) is 11.8 Å². The Morgan fingerprint density at radius 2 is 2.00 bits per heavy atom. The lowest BCUT2D eigenvalue weighted by Crippen LogP contribution is -1.95. The quantitative estimate of drug-likeness (QED) is 0.676. The largest absolute Gasteiger partial charge is 0.253 e. The number of rotatable bonds is 3. The van der Waals surface area contributed by atoms with Gasteiger partial charge in [0.15, 0.2) is 0 Å². The van der Waals surface area contributed by atoms with Crippen molar-refractivity contribution >= 4 is 17.5 Å². The predicted octanol–water partition coefficient (Wildman–Crippen LogP) is 2.90. The van der Waals surface area contributed by atoms with Crippen LogP contribution in [0, 0.1) is 0 Å². The molecule has 0 amide bonds. The van der Waals surface area contributed by atoms with Crippen LogP contribution >= 0.6 is 11.8 Å². The number of nitrogens with zero attached hydrogens (tertiary/aromatic N) is 4. The van der Waals surface area contributed by atoms with Crippen molar-refractivity contribution in [2.75, 3.05) is 5.75 Å². The van der Waals surface area contributed by atoms with E-state index in [-0.39, 0.29) is 0 Å². The molecule has 0 bridgehead atoms. The first-order valence-corrected chi connectivity index (χ1v) is 6.77. The second-order valence-electron chi connectivity index (χ2n) is 3.74. The maximum Gasteiger partial charge on any atom is 0.253 e. The van der Waals surface area contributed by atoms with E-state index in [0.717, 1.165) is 22.2 Å². The third kappa shape index (κ3) is 1.97. The van der Waals surface area contributed by atoms with E-state index in [2.05, 4.69) is 34.1 Å². The van der Waals surface area contributed by atoms with Gasteiger partial charge in [0.1, 0.15) is 0 Å². The number of aromatic nitrogens is 4. The number of fused-ring (bicyclic) bond motifs is 1. The van der Waals surface area contributed by atoms with E-state index in [1.807, 2.05) is 24.3 Å². The average Bonchev–Trinajstić information content (AvgIpc) is 2.82. The van der Waals surface area contributed by atoms with Gasteiger partial charge in [-0.1, -0.05) is 49.0 Å². The smallest absolute Gasteiger partial charge is 0.220 e. The van der Waals surface area contributed by atoms with Crippen LogP contribution in [0.25, 0.3) is 17.0 Å². The van der Waals surface area contributed by atoms with Gasteiger partial charge in [-0.25, -0.2) is 4.98 Å². The van der Waals surface area contributed by atoms with E-state index in [0.29, 0.717) is 5.78 Å². The summed E-state index contributed by atoms with van der Waals surface area (Å²) >= 11 is 1.62. The van der Waals surface area contributed by atoms with E-state index in [4.69, 9.17) is 0 Å². The predicted molar refractivity (Wildman–Crippen MR) is 72.6 cm³/mol. The number of thioether (sulfide) groups is 1. The van der Waals surface area contributed by atoms with Gasteiger partial charge in [-0.3, -0.25) is 0 Å². The van der Waals surface area contributed by atoms with Crippen LogP contribution < -0.4 is 0 Å². The van der Waals surface area contributed by atoms with Crippen molar-refractivity contribution < 1.29 is 0 Å². The van der Waals surface area contributed by atoms with Crippen molar-refractivity contribution in [1.29, 1.82) is 0 Å². The third-order valence-electron chi connectivity index (χ3n) is 2.56. The number of hydrogen-bond donors (Lipinski definition) is 0. The van der Waals surface area contributed by atoms with E-state index in [1.165, 1.54) is 0 Å². The SMILES string of the molecule is CCSc1nc2nccc(-c3ccccc3)n2n1. The number of hydrogen-bond acceptors (Lipinski definition) is 4. The molecule has 0 atom stereocenters. The molecule has 90 valence electrons. The molecule has 0 unspecified atom stereocenters. The molecule has 0 aliphatic carbocycles. The van der Waals surface area contributed by atoms with Crippen LogP contribution in [0.4, 0.5) is 0 Å². The van der Waals surface area contributed by atoms with Crippen molar-refractivity contribution in [3.8, 4) is 11.3 Å². The summed E-state index contributed by atoms with van der Waals surface area (Å²) in [4.78, 5) is 8.64. The standard InChI is InChI=1S/C13H12N4S/c1-2-18-13-15-12-14-9-8-11(17(12)16-13)10-6-4-3-5-7-10/h3-9H,2H2,1H3. The van der Waals surface area contributed by atoms with Crippen LogP contribution in [-0.4, -0.2) is 25.3 Å². The highest BCUT2D eigenvalue weighted by atomic mass is 32.2. The summed E-state index contributed by atoms with van der Waals surface area (Å²) in [7, 11) is 0. The highest BCUT2D eigenvalue weighted by molar-refractivity contribution is 7.99. The lowest BCUT2D eigenvalue weighted by molar-refractivity contribution is 0.886. The van der Waals surface area contributed by atoms with Crippen LogP contribution in [0.1, 0.15) is 6.92 Å². The molecule has 2 heterocycles. The normalized spacial score (nSPS) is 10.9. The monoisotopic (exact) mass is 256 g/mol. The van der Waals surface area contributed by atoms with Crippen molar-refractivity contribution in [3.63, 3.8) is 0 Å². The van der Waals surface area contributed by atoms with Crippen LogP contribution in [0.15, 0.2) is 47.8 Å². The highest BCUT2D eigenvalue weighted by Crippen LogP contribution is 2.20. The Kier molecular flexibility index (Phi) is 2.98. The van der Waals surface area contributed by atoms with Gasteiger partial charge in [-0.2, -0.15) is 9.50 Å². The zero-order chi connectivity index (χ0) is 12.4. The minimum Gasteiger partial charge on any atom is -0.220 e. The summed E-state index contributed by atoms with van der Waals surface area (Å²) in [6.45, 7) is 2.09. The molecule has 4 nitrogen and oxygen atoms in total. The van der Waals surface area contributed by atoms with Crippen LogP contribution in [0.2, 0.25) is 0 Å². The first-order chi connectivity index (χ1) is 8.88. The summed E-state index contributed by atoms with van der Waals surface area (Å²) in [5.41, 5.74) is 2.12. The fourth-order valence-electron chi connectivity index (χ4n) is 1.79. The molecule has 0 radical (unpaired) electrons. The molecule has 3 rings (SSSR count). The van der Waals surface area contributed by atoms with E-state index in [9.17, 15) is 0 Å². The summed E-state index contributed by atoms with van der Waals surface area (Å²) in [5, 5.41) is 5.26. The molecule has 5 heteroatoms. The summed E-state index contributed by atoms with van der Waals surface area (Å²) in [6.07, 6.45) is 1.77. The van der Waals surface area contributed by atoms with Crippen molar-refractivity contribution in [1.82, 2.24) is 19.6 Å². The van der Waals surface area contributed by atoms with Crippen molar-refractivity contribution in [3.05, 3.63) is 42.6 Å². The fraction of sp³-hybridized carbons (Fsp3) is 0.154. The van der Waals surface area contributed by atoms with Crippen LogP contribution in [0.3, 0.4) is 0 Å². The van der Waals surface area contributed by atoms with Gasteiger partial charge in [-0.15, -0.1) is 5.10 Å². The Labute approximate surface area is 109 Å². The minimum absolute atomic E-state index is 0.646. The second kappa shape index (κ2) is 4.78. The molecule has 0 fully saturated rings. The van der Waals surface area contributed by atoms with E-state index >= 15 is 0 Å². The highest BCUT2D eigenvalue weighted by Gasteiger charge is 2.09. The molecule has 2 aromatic heterocycles. The van der Waals surface area contributed by atoms with Crippen LogP contribution in [-0.2, 0) is 0 Å². The van der Waals surface area contributed by atoms with E-state index in [1.54, 1.807) is 22.5 Å². The zero-order valence-electron chi connectivity index (χ0n) is 9.95. The number of benzene rings is 1. The zero-order valence-corrected chi connectivity index (χ0v) is 10.8. The molecule has 0 saturated carbocycles. The third-order valence-corrected chi connectivity index (χ3v) is 3.28. The topological polar surface area (TPSA) is 43.1 Å². The Morgan fingerprint density at radius 3 is 2.78 bits per heavy atom. The summed E-state index contributed by atoms with van der Waals surface area (Å²) in [6, 6.07) is 12.1. The second-order valence-corrected chi connectivity index (χ2v) is 4.97. The van der Waals surface area contributed by atoms with Crippen molar-refractivity contribution in [2.24, 2.45) is 0 Å². The molecule has 3 aromatic rings. The van der Waals surface area contributed by atoms with Gasteiger partial charge in [0.2, 0.25) is 5.16 Å². The Balaban J connectivity index is 2.17. The lowest BCUT2D eigenvalue weighted by Gasteiger charge is -2.02. The van der Waals surface area contributed by atoms with Crippen LogP contribution in [0.5, 0.6) is 0 Å². The summed E-state index contributed by atoms with van der Waals surface area (Å²) < 4.78 is 1.80. The first kappa shape index (κ1) is 11.2. The maximum atomic E-state index is 4.48. The Bertz CT molecular complexity index is 663. The van der Waals surface area contributed by atoms with Gasteiger partial charge in [0, 0.05) is 11.8 Å².